The molecule has 0 fully saturated rings. The Morgan fingerprint density at radius 2 is 2.20 bits per heavy atom. The van der Waals surface area contributed by atoms with Gasteiger partial charge in [0.25, 0.3) is 0 Å². The summed E-state index contributed by atoms with van der Waals surface area (Å²) < 4.78 is 17.6. The Morgan fingerprint density at radius 1 is 1.47 bits per heavy atom. The van der Waals surface area contributed by atoms with Gasteiger partial charge in [0.15, 0.2) is 0 Å². The lowest BCUT2D eigenvalue weighted by atomic mass is 10.1. The fourth-order valence-electron chi connectivity index (χ4n) is 1.22. The number of benzene rings is 1. The number of carbonyl (C=O) groups is 2. The molecule has 0 saturated heterocycles. The van der Waals surface area contributed by atoms with Crippen LogP contribution in [0.3, 0.4) is 0 Å². The summed E-state index contributed by atoms with van der Waals surface area (Å²) in [6.07, 6.45) is 0.518. The molecule has 0 heterocycles. The first-order valence-corrected chi connectivity index (χ1v) is 4.56. The Hall–Kier alpha value is -1.71. The molecule has 15 heavy (non-hydrogen) atoms. The summed E-state index contributed by atoms with van der Waals surface area (Å²) in [5, 5.41) is 0. The van der Waals surface area contributed by atoms with E-state index in [-0.39, 0.29) is 18.6 Å². The maximum atomic E-state index is 12.9. The highest BCUT2D eigenvalue weighted by Crippen LogP contribution is 2.09. The number of hydrogen-bond acceptors (Lipinski definition) is 3. The van der Waals surface area contributed by atoms with Crippen LogP contribution in [0.5, 0.6) is 0 Å². The van der Waals surface area contributed by atoms with Crippen LogP contribution in [0.25, 0.3) is 0 Å². The predicted octanol–water partition coefficient (Wildman–Crippen LogP) is 1.74. The molecule has 0 bridgehead atoms. The number of halogens is 1. The minimum atomic E-state index is -0.529. The zero-order valence-corrected chi connectivity index (χ0v) is 8.33. The third-order valence-electron chi connectivity index (χ3n) is 1.77. The van der Waals surface area contributed by atoms with Crippen LogP contribution in [0.2, 0.25) is 0 Å². The minimum absolute atomic E-state index is 0.0214. The van der Waals surface area contributed by atoms with Gasteiger partial charge in [-0.1, -0.05) is 0 Å². The Balaban J connectivity index is 2.80. The molecular weight excluding hydrogens is 199 g/mol. The summed E-state index contributed by atoms with van der Waals surface area (Å²) in [5.41, 5.74) is 0.657. The molecule has 80 valence electrons. The van der Waals surface area contributed by atoms with Crippen molar-refractivity contribution in [3.8, 4) is 0 Å². The molecular formula is C11H11FO3. The minimum Gasteiger partial charge on any atom is -0.466 e. The first-order valence-electron chi connectivity index (χ1n) is 4.56. The summed E-state index contributed by atoms with van der Waals surface area (Å²) in [4.78, 5) is 21.5. The Labute approximate surface area is 86.9 Å². The number of rotatable bonds is 4. The molecule has 0 aliphatic heterocycles. The second kappa shape index (κ2) is 5.24. The number of esters is 1. The van der Waals surface area contributed by atoms with E-state index >= 15 is 0 Å². The van der Waals surface area contributed by atoms with Crippen LogP contribution in [0.15, 0.2) is 18.2 Å². The fraction of sp³-hybridized carbons (Fsp3) is 0.273. The molecule has 4 heteroatoms. The fourth-order valence-corrected chi connectivity index (χ4v) is 1.22. The molecule has 0 aromatic heterocycles. The first-order chi connectivity index (χ1) is 7.15. The van der Waals surface area contributed by atoms with Crippen LogP contribution >= 0.6 is 0 Å². The molecule has 0 aliphatic carbocycles. The van der Waals surface area contributed by atoms with Gasteiger partial charge >= 0.3 is 5.97 Å². The molecule has 1 rings (SSSR count). The van der Waals surface area contributed by atoms with E-state index in [1.807, 2.05) is 0 Å². The van der Waals surface area contributed by atoms with Crippen molar-refractivity contribution >= 4 is 12.3 Å². The number of ether oxygens (including phenoxy) is 1. The topological polar surface area (TPSA) is 43.4 Å². The van der Waals surface area contributed by atoms with Gasteiger partial charge in [0, 0.05) is 5.56 Å². The molecule has 1 aromatic rings. The molecule has 0 N–H and O–H groups in total. The summed E-state index contributed by atoms with van der Waals surface area (Å²) in [6.45, 7) is 1.98. The van der Waals surface area contributed by atoms with Gasteiger partial charge in [-0.15, -0.1) is 0 Å². The van der Waals surface area contributed by atoms with Crippen LogP contribution in [0.1, 0.15) is 22.8 Å². The second-order valence-electron chi connectivity index (χ2n) is 2.99. The van der Waals surface area contributed by atoms with E-state index in [1.165, 1.54) is 12.1 Å². The number of carbonyl (C=O) groups excluding carboxylic acids is 2. The van der Waals surface area contributed by atoms with Crippen molar-refractivity contribution in [2.75, 3.05) is 6.61 Å². The number of aldehydes is 1. The van der Waals surface area contributed by atoms with Crippen molar-refractivity contribution in [1.29, 1.82) is 0 Å². The Morgan fingerprint density at radius 3 is 2.80 bits per heavy atom. The quantitative estimate of drug-likeness (QED) is 0.561. The van der Waals surface area contributed by atoms with Crippen LogP contribution in [0, 0.1) is 5.82 Å². The maximum Gasteiger partial charge on any atom is 0.310 e. The molecule has 0 radical (unpaired) electrons. The van der Waals surface area contributed by atoms with E-state index in [0.717, 1.165) is 6.07 Å². The highest BCUT2D eigenvalue weighted by Gasteiger charge is 2.06. The van der Waals surface area contributed by atoms with Gasteiger partial charge in [0.2, 0.25) is 0 Å². The third kappa shape index (κ3) is 3.50. The summed E-state index contributed by atoms with van der Waals surface area (Å²) in [6, 6.07) is 3.79. The average Bonchev–Trinajstić information content (AvgIpc) is 2.17. The van der Waals surface area contributed by atoms with E-state index < -0.39 is 11.8 Å². The zero-order valence-electron chi connectivity index (χ0n) is 8.33. The average molecular weight is 210 g/mol. The summed E-state index contributed by atoms with van der Waals surface area (Å²) in [5.74, 6) is -0.959. The predicted molar refractivity (Wildman–Crippen MR) is 52.1 cm³/mol. The second-order valence-corrected chi connectivity index (χ2v) is 2.99. The summed E-state index contributed by atoms with van der Waals surface area (Å²) >= 11 is 0. The van der Waals surface area contributed by atoms with Gasteiger partial charge in [0.1, 0.15) is 12.1 Å². The standard InChI is InChI=1S/C11H11FO3/c1-2-15-11(14)6-8-3-9(7-13)5-10(12)4-8/h3-5,7H,2,6H2,1H3. The monoisotopic (exact) mass is 210 g/mol. The lowest BCUT2D eigenvalue weighted by molar-refractivity contribution is -0.142. The van der Waals surface area contributed by atoms with Gasteiger partial charge in [-0.2, -0.15) is 0 Å². The van der Waals surface area contributed by atoms with Crippen molar-refractivity contribution in [3.05, 3.63) is 35.1 Å². The van der Waals surface area contributed by atoms with Gasteiger partial charge in [-0.3, -0.25) is 9.59 Å². The first kappa shape index (κ1) is 11.4. The van der Waals surface area contributed by atoms with Gasteiger partial charge in [-0.05, 0) is 30.7 Å². The lowest BCUT2D eigenvalue weighted by Gasteiger charge is -2.02. The Kier molecular flexibility index (Phi) is 3.97. The van der Waals surface area contributed by atoms with E-state index in [4.69, 9.17) is 4.74 Å². The zero-order chi connectivity index (χ0) is 11.3. The Bertz CT molecular complexity index is 374. The molecule has 0 spiro atoms. The van der Waals surface area contributed by atoms with Crippen molar-refractivity contribution < 1.29 is 18.7 Å². The number of hydrogen-bond donors (Lipinski definition) is 0. The SMILES string of the molecule is CCOC(=O)Cc1cc(F)cc(C=O)c1. The lowest BCUT2D eigenvalue weighted by Crippen LogP contribution is -2.08. The maximum absolute atomic E-state index is 12.9. The normalized spacial score (nSPS) is 9.73. The molecule has 0 atom stereocenters. The summed E-state index contributed by atoms with van der Waals surface area (Å²) in [7, 11) is 0. The molecule has 3 nitrogen and oxygen atoms in total. The van der Waals surface area contributed by atoms with Crippen molar-refractivity contribution in [1.82, 2.24) is 0 Å². The molecule has 0 aliphatic rings. The van der Waals surface area contributed by atoms with E-state index in [0.29, 0.717) is 11.8 Å². The van der Waals surface area contributed by atoms with E-state index in [9.17, 15) is 14.0 Å². The van der Waals surface area contributed by atoms with Crippen molar-refractivity contribution in [2.24, 2.45) is 0 Å². The van der Waals surface area contributed by atoms with Gasteiger partial charge in [0.05, 0.1) is 13.0 Å². The van der Waals surface area contributed by atoms with Crippen molar-refractivity contribution in [2.45, 2.75) is 13.3 Å². The largest absolute Gasteiger partial charge is 0.466 e. The highest BCUT2D eigenvalue weighted by atomic mass is 19.1. The van der Waals surface area contributed by atoms with Crippen LogP contribution in [-0.2, 0) is 16.0 Å². The van der Waals surface area contributed by atoms with Crippen LogP contribution in [-0.4, -0.2) is 18.9 Å². The molecule has 1 aromatic carbocycles. The van der Waals surface area contributed by atoms with Gasteiger partial charge in [-0.25, -0.2) is 4.39 Å². The molecule has 0 saturated carbocycles. The molecule has 0 amide bonds. The third-order valence-corrected chi connectivity index (χ3v) is 1.77. The van der Waals surface area contributed by atoms with Crippen LogP contribution < -0.4 is 0 Å². The smallest absolute Gasteiger partial charge is 0.310 e. The van der Waals surface area contributed by atoms with Crippen LogP contribution in [0.4, 0.5) is 4.39 Å². The highest BCUT2D eigenvalue weighted by molar-refractivity contribution is 5.77. The molecule has 0 unspecified atom stereocenters. The van der Waals surface area contributed by atoms with E-state index in [2.05, 4.69) is 0 Å². The van der Waals surface area contributed by atoms with Crippen molar-refractivity contribution in [3.63, 3.8) is 0 Å². The van der Waals surface area contributed by atoms with Gasteiger partial charge < -0.3 is 4.74 Å². The van der Waals surface area contributed by atoms with E-state index in [1.54, 1.807) is 6.92 Å².